The Morgan fingerprint density at radius 3 is 2.95 bits per heavy atom. The second-order valence-electron chi connectivity index (χ2n) is 4.54. The third kappa shape index (κ3) is 3.38. The summed E-state index contributed by atoms with van der Waals surface area (Å²) in [6.07, 6.45) is 6.02. The number of H-pyrrole nitrogens is 1. The molecule has 0 aliphatic carbocycles. The van der Waals surface area contributed by atoms with Crippen molar-refractivity contribution in [3.8, 4) is 0 Å². The summed E-state index contributed by atoms with van der Waals surface area (Å²) in [5, 5.41) is 0.468. The minimum Gasteiger partial charge on any atom is -0.462 e. The van der Waals surface area contributed by atoms with Crippen LogP contribution in [0.1, 0.15) is 29.3 Å². The quantitative estimate of drug-likeness (QED) is 0.824. The van der Waals surface area contributed by atoms with Crippen molar-refractivity contribution < 1.29 is 9.53 Å². The molecule has 1 aromatic heterocycles. The fraction of sp³-hybridized carbons (Fsp3) is 0.250. The lowest BCUT2D eigenvalue weighted by atomic mass is 10.1. The lowest BCUT2D eigenvalue weighted by Crippen LogP contribution is -2.18. The average molecular weight is 286 g/mol. The van der Waals surface area contributed by atoms with Gasteiger partial charge < -0.3 is 15.5 Å². The van der Waals surface area contributed by atoms with Gasteiger partial charge in [-0.15, -0.1) is 0 Å². The summed E-state index contributed by atoms with van der Waals surface area (Å²) in [6.45, 7) is 2.52. The number of fused-ring (bicyclic) bond motifs is 1. The van der Waals surface area contributed by atoms with Crippen LogP contribution in [0.15, 0.2) is 35.3 Å². The van der Waals surface area contributed by atoms with Gasteiger partial charge in [0, 0.05) is 17.1 Å². The molecule has 1 aromatic carbocycles. The maximum absolute atomic E-state index is 12.4. The number of carbonyl (C=O) groups is 1. The Labute approximate surface area is 122 Å². The number of hydrogen-bond acceptors (Lipinski definition) is 4. The fourth-order valence-corrected chi connectivity index (χ4v) is 2.02. The van der Waals surface area contributed by atoms with E-state index in [2.05, 4.69) is 4.98 Å². The Bertz CT molecular complexity index is 732. The highest BCUT2D eigenvalue weighted by molar-refractivity contribution is 5.93. The Balaban J connectivity index is 2.47. The van der Waals surface area contributed by atoms with Gasteiger partial charge in [-0.05, 0) is 37.6 Å². The van der Waals surface area contributed by atoms with Crippen molar-refractivity contribution in [1.29, 1.82) is 0 Å². The summed E-state index contributed by atoms with van der Waals surface area (Å²) in [6, 6.07) is 5.47. The minimum absolute atomic E-state index is 0.0208. The molecule has 3 N–H and O–H groups in total. The third-order valence-electron chi connectivity index (χ3n) is 3.04. The van der Waals surface area contributed by atoms with Gasteiger partial charge in [0.1, 0.15) is 5.56 Å². The van der Waals surface area contributed by atoms with E-state index in [-0.39, 0.29) is 17.6 Å². The number of aromatic amines is 1. The van der Waals surface area contributed by atoms with E-state index in [0.717, 1.165) is 12.0 Å². The molecule has 0 fully saturated rings. The zero-order valence-electron chi connectivity index (χ0n) is 11.9. The number of carbonyl (C=O) groups excluding carboxylic acids is 1. The van der Waals surface area contributed by atoms with Crippen LogP contribution in [0.2, 0.25) is 0 Å². The van der Waals surface area contributed by atoms with E-state index in [1.54, 1.807) is 13.0 Å². The number of hydrogen-bond donors (Lipinski definition) is 2. The summed E-state index contributed by atoms with van der Waals surface area (Å²) in [5.41, 5.74) is 6.70. The molecule has 5 heteroatoms. The van der Waals surface area contributed by atoms with Gasteiger partial charge in [0.2, 0.25) is 5.43 Å². The minimum atomic E-state index is -0.607. The van der Waals surface area contributed by atoms with Crippen molar-refractivity contribution in [3.05, 3.63) is 51.8 Å². The second kappa shape index (κ2) is 6.85. The normalized spacial score (nSPS) is 11.1. The first-order chi connectivity index (χ1) is 10.2. The number of benzene rings is 1. The second-order valence-corrected chi connectivity index (χ2v) is 4.54. The van der Waals surface area contributed by atoms with Crippen LogP contribution in [0.25, 0.3) is 17.0 Å². The van der Waals surface area contributed by atoms with Gasteiger partial charge in [-0.1, -0.05) is 18.2 Å². The number of aromatic nitrogens is 1. The molecule has 0 unspecified atom stereocenters. The molecule has 1 heterocycles. The van der Waals surface area contributed by atoms with E-state index in [4.69, 9.17) is 10.5 Å². The SMILES string of the molecule is CCOC(=O)c1c[nH]c2ccc(C=CCCN)cc2c1=O. The Morgan fingerprint density at radius 1 is 1.43 bits per heavy atom. The first-order valence-electron chi connectivity index (χ1n) is 6.86. The fourth-order valence-electron chi connectivity index (χ4n) is 2.02. The van der Waals surface area contributed by atoms with Gasteiger partial charge in [0.15, 0.2) is 0 Å². The number of pyridine rings is 1. The Kier molecular flexibility index (Phi) is 4.90. The van der Waals surface area contributed by atoms with Crippen molar-refractivity contribution in [2.45, 2.75) is 13.3 Å². The summed E-state index contributed by atoms with van der Waals surface area (Å²) in [7, 11) is 0. The van der Waals surface area contributed by atoms with Crippen molar-refractivity contribution in [2.24, 2.45) is 5.73 Å². The molecule has 0 radical (unpaired) electrons. The molecule has 5 nitrogen and oxygen atoms in total. The number of esters is 1. The highest BCUT2D eigenvalue weighted by atomic mass is 16.5. The molecule has 0 spiro atoms. The van der Waals surface area contributed by atoms with Gasteiger partial charge in [-0.2, -0.15) is 0 Å². The van der Waals surface area contributed by atoms with E-state index in [0.29, 0.717) is 17.4 Å². The molecule has 0 atom stereocenters. The third-order valence-corrected chi connectivity index (χ3v) is 3.04. The van der Waals surface area contributed by atoms with E-state index < -0.39 is 5.97 Å². The maximum atomic E-state index is 12.4. The smallest absolute Gasteiger partial charge is 0.343 e. The molecule has 0 saturated heterocycles. The van der Waals surface area contributed by atoms with Crippen LogP contribution in [0.3, 0.4) is 0 Å². The van der Waals surface area contributed by atoms with Gasteiger partial charge >= 0.3 is 5.97 Å². The molecule has 2 aromatic rings. The van der Waals surface area contributed by atoms with E-state index in [9.17, 15) is 9.59 Å². The molecule has 0 aliphatic rings. The van der Waals surface area contributed by atoms with Gasteiger partial charge in [0.05, 0.1) is 6.61 Å². The highest BCUT2D eigenvalue weighted by Gasteiger charge is 2.13. The number of nitrogens with two attached hydrogens (primary N) is 1. The molecule has 0 aliphatic heterocycles. The van der Waals surface area contributed by atoms with Crippen molar-refractivity contribution >= 4 is 22.9 Å². The summed E-state index contributed by atoms with van der Waals surface area (Å²) < 4.78 is 4.88. The molecule has 2 rings (SSSR count). The molecular formula is C16H18N2O3. The average Bonchev–Trinajstić information content (AvgIpc) is 2.48. The standard InChI is InChI=1S/C16H18N2O3/c1-2-21-16(20)13-10-18-14-7-6-11(5-3-4-8-17)9-12(14)15(13)19/h3,5-7,9-10H,2,4,8,17H2,1H3,(H,18,19). The predicted octanol–water partition coefficient (Wildman–Crippen LogP) is 2.07. The Morgan fingerprint density at radius 2 is 2.24 bits per heavy atom. The van der Waals surface area contributed by atoms with Crippen molar-refractivity contribution in [1.82, 2.24) is 4.98 Å². The van der Waals surface area contributed by atoms with Crippen molar-refractivity contribution in [3.63, 3.8) is 0 Å². The molecule has 21 heavy (non-hydrogen) atoms. The highest BCUT2D eigenvalue weighted by Crippen LogP contribution is 2.13. The van der Waals surface area contributed by atoms with Crippen LogP contribution >= 0.6 is 0 Å². The lowest BCUT2D eigenvalue weighted by Gasteiger charge is -2.04. The number of ether oxygens (including phenoxy) is 1. The van der Waals surface area contributed by atoms with E-state index >= 15 is 0 Å². The van der Waals surface area contributed by atoms with Crippen LogP contribution in [0.5, 0.6) is 0 Å². The van der Waals surface area contributed by atoms with Gasteiger partial charge in [-0.25, -0.2) is 4.79 Å². The number of nitrogens with one attached hydrogen (secondary N) is 1. The lowest BCUT2D eigenvalue weighted by molar-refractivity contribution is 0.0524. The molecule has 110 valence electrons. The molecule has 0 saturated carbocycles. The molecular weight excluding hydrogens is 268 g/mol. The van der Waals surface area contributed by atoms with Gasteiger partial charge in [0.25, 0.3) is 0 Å². The zero-order chi connectivity index (χ0) is 15.2. The summed E-state index contributed by atoms with van der Waals surface area (Å²) >= 11 is 0. The van der Waals surface area contributed by atoms with Crippen LogP contribution < -0.4 is 11.2 Å². The molecule has 0 bridgehead atoms. The first kappa shape index (κ1) is 15.0. The summed E-state index contributed by atoms with van der Waals surface area (Å²) in [5.74, 6) is -0.607. The van der Waals surface area contributed by atoms with Crippen molar-refractivity contribution in [2.75, 3.05) is 13.2 Å². The van der Waals surface area contributed by atoms with E-state index in [1.807, 2.05) is 24.3 Å². The monoisotopic (exact) mass is 286 g/mol. The van der Waals surface area contributed by atoms with Gasteiger partial charge in [-0.3, -0.25) is 4.79 Å². The van der Waals surface area contributed by atoms with E-state index in [1.165, 1.54) is 6.20 Å². The van der Waals surface area contributed by atoms with Crippen LogP contribution in [-0.4, -0.2) is 24.1 Å². The first-order valence-corrected chi connectivity index (χ1v) is 6.86. The zero-order valence-corrected chi connectivity index (χ0v) is 11.9. The Hall–Kier alpha value is -2.40. The van der Waals surface area contributed by atoms with Crippen LogP contribution in [-0.2, 0) is 4.74 Å². The summed E-state index contributed by atoms with van der Waals surface area (Å²) in [4.78, 5) is 27.0. The predicted molar refractivity (Wildman–Crippen MR) is 83.2 cm³/mol. The largest absolute Gasteiger partial charge is 0.462 e. The van der Waals surface area contributed by atoms with Crippen LogP contribution in [0.4, 0.5) is 0 Å². The maximum Gasteiger partial charge on any atom is 0.343 e. The van der Waals surface area contributed by atoms with Crippen LogP contribution in [0, 0.1) is 0 Å². The molecule has 0 amide bonds. The topological polar surface area (TPSA) is 85.2 Å². The number of rotatable bonds is 5.